The second-order valence-corrected chi connectivity index (χ2v) is 4.23. The van der Waals surface area contributed by atoms with E-state index in [0.717, 1.165) is 0 Å². The molecule has 0 saturated carbocycles. The quantitative estimate of drug-likeness (QED) is 0.777. The Morgan fingerprint density at radius 1 is 1.44 bits per heavy atom. The first-order valence-corrected chi connectivity index (χ1v) is 5.49. The minimum atomic E-state index is -0.249. The van der Waals surface area contributed by atoms with E-state index in [2.05, 4.69) is 15.1 Å². The Hall–Kier alpha value is -2.49. The van der Waals surface area contributed by atoms with E-state index >= 15 is 0 Å². The standard InChI is InChI=1S/C11H12N6O/c1-8(2)6-16-4-3-13-10(11(16)18)17-7-14-9(5-12)15-17/h3-4,7-8H,6H2,1-2H3. The van der Waals surface area contributed by atoms with Gasteiger partial charge in [-0.2, -0.15) is 9.94 Å². The van der Waals surface area contributed by atoms with Gasteiger partial charge >= 0.3 is 0 Å². The van der Waals surface area contributed by atoms with Crippen LogP contribution in [0.1, 0.15) is 19.7 Å². The van der Waals surface area contributed by atoms with Crippen molar-refractivity contribution in [3.05, 3.63) is 34.9 Å². The molecule has 7 heteroatoms. The molecule has 0 bridgehead atoms. The fraction of sp³-hybridized carbons (Fsp3) is 0.364. The zero-order valence-electron chi connectivity index (χ0n) is 10.1. The highest BCUT2D eigenvalue weighted by Gasteiger charge is 2.10. The minimum absolute atomic E-state index is 0.00969. The third-order valence-electron chi connectivity index (χ3n) is 2.27. The monoisotopic (exact) mass is 244 g/mol. The molecule has 2 aromatic rings. The van der Waals surface area contributed by atoms with Crippen LogP contribution < -0.4 is 5.56 Å². The van der Waals surface area contributed by atoms with Crippen LogP contribution in [0.15, 0.2) is 23.5 Å². The molecular formula is C11H12N6O. The van der Waals surface area contributed by atoms with Gasteiger partial charge in [0.2, 0.25) is 5.82 Å². The van der Waals surface area contributed by atoms with E-state index in [0.29, 0.717) is 12.5 Å². The van der Waals surface area contributed by atoms with Gasteiger partial charge in [0, 0.05) is 18.9 Å². The molecule has 0 amide bonds. The molecule has 0 aliphatic heterocycles. The van der Waals surface area contributed by atoms with E-state index < -0.39 is 0 Å². The first kappa shape index (κ1) is 12.0. The number of hydrogen-bond donors (Lipinski definition) is 0. The molecule has 92 valence electrons. The van der Waals surface area contributed by atoms with Crippen molar-refractivity contribution in [1.82, 2.24) is 24.3 Å². The van der Waals surface area contributed by atoms with Gasteiger partial charge in [0.15, 0.2) is 0 Å². The molecule has 0 saturated heterocycles. The summed E-state index contributed by atoms with van der Waals surface area (Å²) < 4.78 is 2.79. The molecule has 0 aliphatic carbocycles. The second kappa shape index (κ2) is 4.79. The van der Waals surface area contributed by atoms with Crippen LogP contribution in [0.2, 0.25) is 0 Å². The summed E-state index contributed by atoms with van der Waals surface area (Å²) >= 11 is 0. The zero-order valence-corrected chi connectivity index (χ0v) is 10.1. The third kappa shape index (κ3) is 2.27. The van der Waals surface area contributed by atoms with E-state index in [9.17, 15) is 4.79 Å². The van der Waals surface area contributed by atoms with E-state index in [1.807, 2.05) is 13.8 Å². The van der Waals surface area contributed by atoms with Crippen LogP contribution in [0.25, 0.3) is 5.82 Å². The van der Waals surface area contributed by atoms with Gasteiger partial charge in [0.1, 0.15) is 12.4 Å². The molecule has 18 heavy (non-hydrogen) atoms. The third-order valence-corrected chi connectivity index (χ3v) is 2.27. The van der Waals surface area contributed by atoms with Gasteiger partial charge in [0.05, 0.1) is 0 Å². The summed E-state index contributed by atoms with van der Waals surface area (Å²) in [4.78, 5) is 19.9. The number of hydrogen-bond acceptors (Lipinski definition) is 5. The van der Waals surface area contributed by atoms with E-state index in [4.69, 9.17) is 5.26 Å². The topological polar surface area (TPSA) is 89.4 Å². The van der Waals surface area contributed by atoms with Crippen LogP contribution in [0.4, 0.5) is 0 Å². The van der Waals surface area contributed by atoms with Crippen molar-refractivity contribution in [3.63, 3.8) is 0 Å². The Bertz CT molecular complexity index is 648. The normalized spacial score (nSPS) is 10.6. The predicted octanol–water partition coefficient (Wildman–Crippen LogP) is 0.352. The van der Waals surface area contributed by atoms with Crippen molar-refractivity contribution < 1.29 is 0 Å². The first-order valence-electron chi connectivity index (χ1n) is 5.49. The van der Waals surface area contributed by atoms with E-state index in [-0.39, 0.29) is 17.2 Å². The van der Waals surface area contributed by atoms with Crippen LogP contribution in [0, 0.1) is 17.2 Å². The maximum atomic E-state index is 12.1. The summed E-state index contributed by atoms with van der Waals surface area (Å²) in [5, 5.41) is 12.5. The molecule has 0 spiro atoms. The smallest absolute Gasteiger partial charge is 0.295 e. The summed E-state index contributed by atoms with van der Waals surface area (Å²) in [6.45, 7) is 4.65. The van der Waals surface area contributed by atoms with Gasteiger partial charge in [-0.15, -0.1) is 5.10 Å². The van der Waals surface area contributed by atoms with Crippen LogP contribution in [-0.2, 0) is 6.54 Å². The lowest BCUT2D eigenvalue weighted by atomic mass is 10.2. The molecule has 2 aromatic heterocycles. The van der Waals surface area contributed by atoms with Crippen molar-refractivity contribution in [1.29, 1.82) is 5.26 Å². The fourth-order valence-electron chi connectivity index (χ4n) is 1.55. The molecule has 0 aliphatic rings. The molecule has 0 radical (unpaired) electrons. The summed E-state index contributed by atoms with van der Waals surface area (Å²) in [5.41, 5.74) is -0.249. The van der Waals surface area contributed by atoms with Gasteiger partial charge in [-0.1, -0.05) is 13.8 Å². The van der Waals surface area contributed by atoms with Gasteiger partial charge in [-0.25, -0.2) is 9.97 Å². The number of aromatic nitrogens is 5. The highest BCUT2D eigenvalue weighted by Crippen LogP contribution is 1.99. The van der Waals surface area contributed by atoms with Crippen molar-refractivity contribution in [3.8, 4) is 11.9 Å². The Morgan fingerprint density at radius 2 is 2.22 bits per heavy atom. The summed E-state index contributed by atoms with van der Waals surface area (Å²) in [6, 6.07) is 1.80. The molecule has 2 rings (SSSR count). The van der Waals surface area contributed by atoms with Gasteiger partial charge < -0.3 is 4.57 Å². The molecule has 0 unspecified atom stereocenters. The SMILES string of the molecule is CC(C)Cn1ccnc(-n2cnc(C#N)n2)c1=O. The van der Waals surface area contributed by atoms with Crippen molar-refractivity contribution in [2.24, 2.45) is 5.92 Å². The zero-order chi connectivity index (χ0) is 13.1. The molecular weight excluding hydrogens is 232 g/mol. The van der Waals surface area contributed by atoms with Crippen molar-refractivity contribution in [2.45, 2.75) is 20.4 Å². The lowest BCUT2D eigenvalue weighted by Gasteiger charge is -2.09. The Labute approximate surface area is 103 Å². The van der Waals surface area contributed by atoms with Crippen LogP contribution >= 0.6 is 0 Å². The summed E-state index contributed by atoms with van der Waals surface area (Å²) in [6.07, 6.45) is 4.48. The number of nitrogens with zero attached hydrogens (tertiary/aromatic N) is 6. The van der Waals surface area contributed by atoms with Crippen molar-refractivity contribution >= 4 is 0 Å². The van der Waals surface area contributed by atoms with E-state index in [1.165, 1.54) is 17.2 Å². The van der Waals surface area contributed by atoms with Crippen LogP contribution in [-0.4, -0.2) is 24.3 Å². The van der Waals surface area contributed by atoms with E-state index in [1.54, 1.807) is 16.8 Å². The van der Waals surface area contributed by atoms with Crippen molar-refractivity contribution in [2.75, 3.05) is 0 Å². The first-order chi connectivity index (χ1) is 8.61. The lowest BCUT2D eigenvalue weighted by molar-refractivity contribution is 0.506. The average molecular weight is 244 g/mol. The average Bonchev–Trinajstić information content (AvgIpc) is 2.80. The summed E-state index contributed by atoms with van der Waals surface area (Å²) in [7, 11) is 0. The molecule has 0 atom stereocenters. The van der Waals surface area contributed by atoms with Crippen LogP contribution in [0.3, 0.4) is 0 Å². The fourth-order valence-corrected chi connectivity index (χ4v) is 1.55. The van der Waals surface area contributed by atoms with Gasteiger partial charge in [-0.3, -0.25) is 4.79 Å². The Kier molecular flexibility index (Phi) is 3.19. The predicted molar refractivity (Wildman–Crippen MR) is 63.0 cm³/mol. The molecule has 0 aromatic carbocycles. The highest BCUT2D eigenvalue weighted by atomic mass is 16.1. The lowest BCUT2D eigenvalue weighted by Crippen LogP contribution is -2.27. The number of rotatable bonds is 3. The summed E-state index contributed by atoms with van der Waals surface area (Å²) in [5.74, 6) is 0.506. The second-order valence-electron chi connectivity index (χ2n) is 4.23. The maximum absolute atomic E-state index is 12.1. The number of nitriles is 1. The largest absolute Gasteiger partial charge is 0.310 e. The van der Waals surface area contributed by atoms with Gasteiger partial charge in [-0.05, 0) is 5.92 Å². The Balaban J connectivity index is 2.46. The van der Waals surface area contributed by atoms with Crippen LogP contribution in [0.5, 0.6) is 0 Å². The Morgan fingerprint density at radius 3 is 2.83 bits per heavy atom. The van der Waals surface area contributed by atoms with Gasteiger partial charge in [0.25, 0.3) is 11.4 Å². The molecule has 0 fully saturated rings. The highest BCUT2D eigenvalue weighted by molar-refractivity contribution is 5.18. The molecule has 2 heterocycles. The molecule has 0 N–H and O–H groups in total. The minimum Gasteiger partial charge on any atom is -0.310 e. The molecule has 7 nitrogen and oxygen atoms in total. The maximum Gasteiger partial charge on any atom is 0.295 e.